The molecule has 4 rings (SSSR count). The molecule has 34 heavy (non-hydrogen) atoms. The first-order valence-corrected chi connectivity index (χ1v) is 13.2. The van der Waals surface area contributed by atoms with Gasteiger partial charge in [-0.1, -0.05) is 62.7 Å². The van der Waals surface area contributed by atoms with Crippen molar-refractivity contribution >= 4 is 21.8 Å². The van der Waals surface area contributed by atoms with E-state index in [1.807, 2.05) is 32.0 Å². The summed E-state index contributed by atoms with van der Waals surface area (Å²) in [6.45, 7) is 7.35. The topological polar surface area (TPSA) is 100 Å². The first kappa shape index (κ1) is 24.4. The number of nitrogens with one attached hydrogen (secondary N) is 2. The first-order chi connectivity index (χ1) is 16.4. The van der Waals surface area contributed by atoms with Crippen LogP contribution in [0, 0.1) is 5.92 Å². The van der Waals surface area contributed by atoms with Gasteiger partial charge in [0.25, 0.3) is 10.0 Å². The Morgan fingerprint density at radius 3 is 2.71 bits per heavy atom. The minimum Gasteiger partial charge on any atom is -0.374 e. The van der Waals surface area contributed by atoms with E-state index in [-0.39, 0.29) is 28.7 Å². The molecule has 182 valence electrons. The lowest BCUT2D eigenvalue weighted by Gasteiger charge is -2.33. The van der Waals surface area contributed by atoms with E-state index in [4.69, 9.17) is 4.74 Å². The van der Waals surface area contributed by atoms with Gasteiger partial charge >= 0.3 is 0 Å². The summed E-state index contributed by atoms with van der Waals surface area (Å²) in [4.78, 5) is 20.2. The lowest BCUT2D eigenvalue weighted by molar-refractivity contribution is -0.124. The number of fused-ring (bicyclic) bond motifs is 1. The van der Waals surface area contributed by atoms with E-state index >= 15 is 0 Å². The maximum absolute atomic E-state index is 13.2. The van der Waals surface area contributed by atoms with Crippen molar-refractivity contribution in [3.8, 4) is 0 Å². The van der Waals surface area contributed by atoms with Gasteiger partial charge in [0.2, 0.25) is 5.91 Å². The zero-order valence-electron chi connectivity index (χ0n) is 19.6. The number of morpholine rings is 1. The van der Waals surface area contributed by atoms with Crippen LogP contribution in [0.15, 0.2) is 64.5 Å². The number of benzene rings is 2. The fraction of sp³-hybridized carbons (Fsp3) is 0.440. The van der Waals surface area contributed by atoms with Crippen LogP contribution in [0.5, 0.6) is 0 Å². The molecule has 9 heteroatoms. The van der Waals surface area contributed by atoms with Crippen LogP contribution in [-0.2, 0) is 26.1 Å². The van der Waals surface area contributed by atoms with E-state index in [2.05, 4.69) is 32.1 Å². The van der Waals surface area contributed by atoms with Crippen molar-refractivity contribution in [1.29, 1.82) is 0 Å². The van der Waals surface area contributed by atoms with Gasteiger partial charge in [0, 0.05) is 31.7 Å². The van der Waals surface area contributed by atoms with E-state index < -0.39 is 16.1 Å². The summed E-state index contributed by atoms with van der Waals surface area (Å²) in [6.07, 6.45) is 0.617. The monoisotopic (exact) mass is 484 g/mol. The number of hydrogen-bond acceptors (Lipinski definition) is 6. The highest BCUT2D eigenvalue weighted by Gasteiger charge is 2.33. The molecule has 1 saturated heterocycles. The van der Waals surface area contributed by atoms with Gasteiger partial charge in [0.1, 0.15) is 11.9 Å². The third-order valence-corrected chi connectivity index (χ3v) is 7.76. The number of hydrogen-bond donors (Lipinski definition) is 2. The largest absolute Gasteiger partial charge is 0.374 e. The fourth-order valence-electron chi connectivity index (χ4n) is 4.24. The second-order valence-corrected chi connectivity index (χ2v) is 10.5. The van der Waals surface area contributed by atoms with Crippen LogP contribution in [0.3, 0.4) is 0 Å². The number of amides is 1. The quantitative estimate of drug-likeness (QED) is 0.598. The second kappa shape index (κ2) is 10.7. The Kier molecular flexibility index (Phi) is 7.65. The minimum atomic E-state index is -3.66. The van der Waals surface area contributed by atoms with Gasteiger partial charge in [0.15, 0.2) is 0 Å². The predicted octanol–water partition coefficient (Wildman–Crippen LogP) is 2.16. The Hall–Kier alpha value is -2.75. The Balaban J connectivity index is 1.41. The molecule has 2 aromatic carbocycles. The Morgan fingerprint density at radius 2 is 1.94 bits per heavy atom. The number of amidine groups is 1. The number of rotatable bonds is 8. The maximum Gasteiger partial charge on any atom is 0.263 e. The summed E-state index contributed by atoms with van der Waals surface area (Å²) in [7, 11) is -3.66. The average Bonchev–Trinajstić information content (AvgIpc) is 3.11. The first-order valence-electron chi connectivity index (χ1n) is 11.7. The van der Waals surface area contributed by atoms with Gasteiger partial charge in [-0.05, 0) is 23.6 Å². The summed E-state index contributed by atoms with van der Waals surface area (Å²) >= 11 is 0. The zero-order valence-corrected chi connectivity index (χ0v) is 20.4. The Morgan fingerprint density at radius 1 is 1.21 bits per heavy atom. The molecule has 0 aliphatic carbocycles. The van der Waals surface area contributed by atoms with E-state index in [0.717, 1.165) is 26.1 Å². The van der Waals surface area contributed by atoms with Crippen LogP contribution in [-0.4, -0.2) is 63.4 Å². The lowest BCUT2D eigenvalue weighted by Crippen LogP contribution is -2.49. The molecule has 8 nitrogen and oxygen atoms in total. The average molecular weight is 485 g/mol. The van der Waals surface area contributed by atoms with Crippen LogP contribution in [0.4, 0.5) is 0 Å². The molecule has 1 unspecified atom stereocenters. The summed E-state index contributed by atoms with van der Waals surface area (Å²) in [5.74, 6) is -0.0696. The molecule has 3 atom stereocenters. The molecular formula is C25H32N4O4S. The molecule has 2 N–H and O–H groups in total. The molecule has 1 fully saturated rings. The summed E-state index contributed by atoms with van der Waals surface area (Å²) < 4.78 is 33.3. The predicted molar refractivity (Wildman–Crippen MR) is 131 cm³/mol. The van der Waals surface area contributed by atoms with Crippen LogP contribution in [0.25, 0.3) is 0 Å². The van der Waals surface area contributed by atoms with Crippen molar-refractivity contribution < 1.29 is 17.9 Å². The maximum atomic E-state index is 13.2. The molecule has 2 heterocycles. The van der Waals surface area contributed by atoms with E-state index in [9.17, 15) is 13.2 Å². The van der Waals surface area contributed by atoms with Crippen LogP contribution in [0.1, 0.15) is 31.4 Å². The van der Waals surface area contributed by atoms with E-state index in [1.165, 1.54) is 5.56 Å². The normalized spacial score (nSPS) is 22.5. The molecule has 2 aliphatic heterocycles. The number of ether oxygens (including phenoxy) is 1. The van der Waals surface area contributed by atoms with Crippen LogP contribution < -0.4 is 10.0 Å². The summed E-state index contributed by atoms with van der Waals surface area (Å²) in [6, 6.07) is 16.3. The molecule has 1 amide bonds. The van der Waals surface area contributed by atoms with Crippen molar-refractivity contribution in [1.82, 2.24) is 14.9 Å². The third kappa shape index (κ3) is 5.65. The van der Waals surface area contributed by atoms with Gasteiger partial charge in [0.05, 0.1) is 17.6 Å². The molecule has 2 aromatic rings. The van der Waals surface area contributed by atoms with Crippen molar-refractivity contribution in [2.24, 2.45) is 10.9 Å². The number of nitrogens with zero attached hydrogens (tertiary/aromatic N) is 2. The minimum absolute atomic E-state index is 0.0633. The molecule has 2 aliphatic rings. The van der Waals surface area contributed by atoms with Crippen molar-refractivity contribution in [2.45, 2.75) is 43.9 Å². The van der Waals surface area contributed by atoms with E-state index in [0.29, 0.717) is 18.7 Å². The highest BCUT2D eigenvalue weighted by molar-refractivity contribution is 7.90. The number of sulfonamides is 1. The smallest absolute Gasteiger partial charge is 0.263 e. The number of carbonyl (C=O) groups is 1. The van der Waals surface area contributed by atoms with Gasteiger partial charge < -0.3 is 10.1 Å². The fourth-order valence-corrected chi connectivity index (χ4v) is 5.48. The number of aliphatic imine (C=N–C) groups is 1. The summed E-state index contributed by atoms with van der Waals surface area (Å²) in [5.41, 5.74) is 1.75. The van der Waals surface area contributed by atoms with Gasteiger partial charge in [-0.3, -0.25) is 19.4 Å². The third-order valence-electron chi connectivity index (χ3n) is 6.36. The van der Waals surface area contributed by atoms with E-state index in [1.54, 1.807) is 24.3 Å². The standard InChI is InChI=1S/C25H32N4O4S/c1-3-18(2)23(27-24-21-11-7-8-12-22(21)34(31,32)28-24)25(30)26-15-20-17-29(13-14-33-20)16-19-9-5-4-6-10-19/h4-12,18,20,23H,3,13-17H2,1-2H3,(H,26,30)(H,27,28)/t18-,20?,23-/m0/s1. The highest BCUT2D eigenvalue weighted by atomic mass is 32.2. The SMILES string of the molecule is CC[C@H](C)[C@H](N=C1NS(=O)(=O)c2ccccc21)C(=O)NCC1CN(Cc2ccccc2)CCO1. The Labute approximate surface area is 201 Å². The Bertz CT molecular complexity index is 1140. The molecule has 0 spiro atoms. The van der Waals surface area contributed by atoms with Gasteiger partial charge in [-0.2, -0.15) is 0 Å². The van der Waals surface area contributed by atoms with Crippen molar-refractivity contribution in [3.05, 3.63) is 65.7 Å². The molecular weight excluding hydrogens is 452 g/mol. The molecule has 0 bridgehead atoms. The van der Waals surface area contributed by atoms with Gasteiger partial charge in [-0.15, -0.1) is 0 Å². The van der Waals surface area contributed by atoms with Crippen LogP contribution >= 0.6 is 0 Å². The molecule has 0 aromatic heterocycles. The highest BCUT2D eigenvalue weighted by Crippen LogP contribution is 2.24. The van der Waals surface area contributed by atoms with Crippen molar-refractivity contribution in [2.75, 3.05) is 26.2 Å². The van der Waals surface area contributed by atoms with Crippen molar-refractivity contribution in [3.63, 3.8) is 0 Å². The lowest BCUT2D eigenvalue weighted by atomic mass is 9.98. The molecule has 0 saturated carbocycles. The number of carbonyl (C=O) groups excluding carboxylic acids is 1. The van der Waals surface area contributed by atoms with Gasteiger partial charge in [-0.25, -0.2) is 8.42 Å². The second-order valence-electron chi connectivity index (χ2n) is 8.87. The molecule has 0 radical (unpaired) electrons. The summed E-state index contributed by atoms with van der Waals surface area (Å²) in [5, 5.41) is 3.00. The zero-order chi connectivity index (χ0) is 24.1. The van der Waals surface area contributed by atoms with Crippen LogP contribution in [0.2, 0.25) is 0 Å².